The number of hydrogen-bond acceptors (Lipinski definition) is 8. The number of aliphatic carboxylic acids is 1. The number of carboxylic acids is 1. The molecule has 192 valence electrons. The number of ether oxygens (including phenoxy) is 4. The molecule has 34 heavy (non-hydrogen) atoms. The molecule has 0 fully saturated rings. The van der Waals surface area contributed by atoms with Crippen LogP contribution in [0.1, 0.15) is 49.4 Å². The van der Waals surface area contributed by atoms with E-state index in [1.54, 1.807) is 12.1 Å². The number of carbonyl (C=O) groups is 3. The van der Waals surface area contributed by atoms with Gasteiger partial charge >= 0.3 is 11.9 Å². The fourth-order valence-corrected chi connectivity index (χ4v) is 2.66. The van der Waals surface area contributed by atoms with Gasteiger partial charge in [0.15, 0.2) is 0 Å². The first-order chi connectivity index (χ1) is 16.5. The lowest BCUT2D eigenvalue weighted by atomic mass is 10.2. The number of amides is 1. The first-order valence-corrected chi connectivity index (χ1v) is 11.8. The second kappa shape index (κ2) is 19.7. The zero-order chi connectivity index (χ0) is 24.9. The Kier molecular flexibility index (Phi) is 17.0. The Morgan fingerprint density at radius 1 is 0.794 bits per heavy atom. The minimum Gasteiger partial charge on any atom is -0.481 e. The van der Waals surface area contributed by atoms with Gasteiger partial charge in [-0.25, -0.2) is 4.79 Å². The van der Waals surface area contributed by atoms with Crippen LogP contribution in [0.25, 0.3) is 0 Å². The average molecular weight is 483 g/mol. The van der Waals surface area contributed by atoms with E-state index in [2.05, 4.69) is 17.6 Å². The van der Waals surface area contributed by atoms with Crippen molar-refractivity contribution in [3.05, 3.63) is 29.8 Å². The largest absolute Gasteiger partial charge is 0.481 e. The second-order valence-electron chi connectivity index (χ2n) is 7.43. The molecule has 1 amide bonds. The third kappa shape index (κ3) is 16.0. The molecule has 3 N–H and O–H groups in total. The molecule has 0 unspecified atom stereocenters. The summed E-state index contributed by atoms with van der Waals surface area (Å²) in [6, 6.07) is 7.22. The monoisotopic (exact) mass is 482 g/mol. The number of esters is 1. The molecule has 1 aromatic rings. The summed E-state index contributed by atoms with van der Waals surface area (Å²) in [5, 5.41) is 14.4. The maximum atomic E-state index is 12.0. The number of rotatable bonds is 21. The maximum absolute atomic E-state index is 12.0. The Bertz CT molecular complexity index is 697. The van der Waals surface area contributed by atoms with Gasteiger partial charge in [0.2, 0.25) is 5.91 Å². The highest BCUT2D eigenvalue weighted by molar-refractivity contribution is 5.89. The summed E-state index contributed by atoms with van der Waals surface area (Å²) in [6.07, 6.45) is 2.69. The summed E-state index contributed by atoms with van der Waals surface area (Å²) in [6.45, 7) is 6.08. The van der Waals surface area contributed by atoms with Crippen LogP contribution in [0.5, 0.6) is 0 Å². The fourth-order valence-electron chi connectivity index (χ4n) is 2.66. The fraction of sp³-hybridized carbons (Fsp3) is 0.625. The van der Waals surface area contributed by atoms with Crippen molar-refractivity contribution in [3.63, 3.8) is 0 Å². The SMILES string of the molecule is CCCCNc1ccc(C(=O)OCCOCCOCCOCCCNC(=O)CCC(=O)O)cc1. The molecule has 0 bridgehead atoms. The summed E-state index contributed by atoms with van der Waals surface area (Å²) in [4.78, 5) is 33.7. The van der Waals surface area contributed by atoms with Gasteiger partial charge in [-0.2, -0.15) is 0 Å². The molecule has 0 aliphatic rings. The molecule has 0 atom stereocenters. The summed E-state index contributed by atoms with van der Waals surface area (Å²) < 4.78 is 21.4. The van der Waals surface area contributed by atoms with Crippen LogP contribution in [-0.4, -0.2) is 82.3 Å². The first-order valence-electron chi connectivity index (χ1n) is 11.8. The normalized spacial score (nSPS) is 10.6. The first kappa shape index (κ1) is 29.3. The third-order valence-electron chi connectivity index (χ3n) is 4.54. The lowest BCUT2D eigenvalue weighted by molar-refractivity contribution is -0.138. The van der Waals surface area contributed by atoms with Crippen molar-refractivity contribution in [2.24, 2.45) is 0 Å². The Labute approximate surface area is 201 Å². The van der Waals surface area contributed by atoms with Crippen molar-refractivity contribution in [2.75, 3.05) is 64.7 Å². The van der Waals surface area contributed by atoms with Crippen molar-refractivity contribution in [1.29, 1.82) is 0 Å². The van der Waals surface area contributed by atoms with E-state index in [1.165, 1.54) is 0 Å². The van der Waals surface area contributed by atoms with Gasteiger partial charge in [0.05, 0.1) is 45.0 Å². The van der Waals surface area contributed by atoms with E-state index in [0.717, 1.165) is 25.1 Å². The van der Waals surface area contributed by atoms with Crippen LogP contribution < -0.4 is 10.6 Å². The van der Waals surface area contributed by atoms with E-state index < -0.39 is 5.97 Å². The Hall–Kier alpha value is -2.69. The predicted molar refractivity (Wildman–Crippen MR) is 127 cm³/mol. The topological polar surface area (TPSA) is 132 Å². The quantitative estimate of drug-likeness (QED) is 0.178. The Morgan fingerprint density at radius 2 is 1.41 bits per heavy atom. The van der Waals surface area contributed by atoms with Crippen LogP contribution in [-0.2, 0) is 28.5 Å². The van der Waals surface area contributed by atoms with Gasteiger partial charge in [-0.15, -0.1) is 0 Å². The number of carboxylic acid groups (broad SMARTS) is 1. The van der Waals surface area contributed by atoms with Crippen LogP contribution in [0.2, 0.25) is 0 Å². The van der Waals surface area contributed by atoms with Crippen molar-refractivity contribution in [3.8, 4) is 0 Å². The molecule has 0 spiro atoms. The van der Waals surface area contributed by atoms with E-state index >= 15 is 0 Å². The second-order valence-corrected chi connectivity index (χ2v) is 7.43. The molecule has 10 heteroatoms. The lowest BCUT2D eigenvalue weighted by Crippen LogP contribution is -2.25. The van der Waals surface area contributed by atoms with Gasteiger partial charge < -0.3 is 34.7 Å². The summed E-state index contributed by atoms with van der Waals surface area (Å²) in [7, 11) is 0. The van der Waals surface area contributed by atoms with Crippen molar-refractivity contribution < 1.29 is 38.4 Å². The van der Waals surface area contributed by atoms with Crippen molar-refractivity contribution in [1.82, 2.24) is 5.32 Å². The summed E-state index contributed by atoms with van der Waals surface area (Å²) in [5.41, 5.74) is 1.49. The van der Waals surface area contributed by atoms with E-state index in [1.807, 2.05) is 12.1 Å². The number of benzene rings is 1. The summed E-state index contributed by atoms with van der Waals surface area (Å²) in [5.74, 6) is -1.64. The highest BCUT2D eigenvalue weighted by Gasteiger charge is 2.07. The molecule has 0 saturated carbocycles. The van der Waals surface area contributed by atoms with Crippen molar-refractivity contribution in [2.45, 2.75) is 39.0 Å². The predicted octanol–water partition coefficient (Wildman–Crippen LogP) is 2.48. The smallest absolute Gasteiger partial charge is 0.338 e. The van der Waals surface area contributed by atoms with Gasteiger partial charge in [-0.05, 0) is 37.1 Å². The van der Waals surface area contributed by atoms with Crippen LogP contribution in [0, 0.1) is 0 Å². The average Bonchev–Trinajstić information content (AvgIpc) is 2.83. The molecule has 0 aliphatic heterocycles. The molecule has 0 heterocycles. The minimum absolute atomic E-state index is 0.0144. The van der Waals surface area contributed by atoms with Crippen LogP contribution in [0.3, 0.4) is 0 Å². The standard InChI is InChI=1S/C24H38N2O8/c1-2-3-11-25-21-7-5-20(6-8-21)24(30)34-19-18-33-17-16-32-15-14-31-13-4-12-26-22(27)9-10-23(28)29/h5-8,25H,2-4,9-19H2,1H3,(H,26,27)(H,28,29). The zero-order valence-electron chi connectivity index (χ0n) is 20.0. The molecule has 0 aromatic heterocycles. The highest BCUT2D eigenvalue weighted by Crippen LogP contribution is 2.10. The van der Waals surface area contributed by atoms with Crippen LogP contribution in [0.15, 0.2) is 24.3 Å². The Morgan fingerprint density at radius 3 is 2.03 bits per heavy atom. The third-order valence-corrected chi connectivity index (χ3v) is 4.54. The minimum atomic E-state index is -0.986. The molecule has 0 saturated heterocycles. The molecule has 10 nitrogen and oxygen atoms in total. The lowest BCUT2D eigenvalue weighted by Gasteiger charge is -2.09. The molecule has 1 rings (SSSR count). The molecular weight excluding hydrogens is 444 g/mol. The summed E-state index contributed by atoms with van der Waals surface area (Å²) >= 11 is 0. The van der Waals surface area contributed by atoms with Gasteiger partial charge in [0.1, 0.15) is 6.61 Å². The van der Waals surface area contributed by atoms with Crippen molar-refractivity contribution >= 4 is 23.5 Å². The van der Waals surface area contributed by atoms with E-state index in [9.17, 15) is 14.4 Å². The van der Waals surface area contributed by atoms with Gasteiger partial charge in [0.25, 0.3) is 0 Å². The number of unbranched alkanes of at least 4 members (excludes halogenated alkanes) is 1. The molecule has 0 aliphatic carbocycles. The zero-order valence-corrected chi connectivity index (χ0v) is 20.0. The molecule has 0 radical (unpaired) electrons. The number of nitrogens with one attached hydrogen (secondary N) is 2. The van der Waals surface area contributed by atoms with Crippen LogP contribution in [0.4, 0.5) is 5.69 Å². The van der Waals surface area contributed by atoms with E-state index in [-0.39, 0.29) is 31.3 Å². The number of anilines is 1. The maximum Gasteiger partial charge on any atom is 0.338 e. The number of carbonyl (C=O) groups excluding carboxylic acids is 2. The number of hydrogen-bond donors (Lipinski definition) is 3. The molecule has 1 aromatic carbocycles. The van der Waals surface area contributed by atoms with E-state index in [0.29, 0.717) is 58.2 Å². The highest BCUT2D eigenvalue weighted by atomic mass is 16.6. The van der Waals surface area contributed by atoms with Gasteiger partial charge in [-0.1, -0.05) is 13.3 Å². The van der Waals surface area contributed by atoms with Gasteiger partial charge in [-0.3, -0.25) is 9.59 Å². The van der Waals surface area contributed by atoms with Gasteiger partial charge in [0, 0.05) is 31.8 Å². The Balaban J connectivity index is 1.89. The molecular formula is C24H38N2O8. The van der Waals surface area contributed by atoms with E-state index in [4.69, 9.17) is 24.1 Å². The van der Waals surface area contributed by atoms with Crippen LogP contribution >= 0.6 is 0 Å².